The number of hydrogen-bond donors (Lipinski definition) is 1. The van der Waals surface area contributed by atoms with Gasteiger partial charge in [0.1, 0.15) is 0 Å². The molecule has 1 aromatic heterocycles. The third-order valence-electron chi connectivity index (χ3n) is 3.94. The first-order chi connectivity index (χ1) is 15.3. The highest BCUT2D eigenvalue weighted by atomic mass is 35.5. The predicted octanol–water partition coefficient (Wildman–Crippen LogP) is 3.90. The zero-order valence-corrected chi connectivity index (χ0v) is 20.1. The summed E-state index contributed by atoms with van der Waals surface area (Å²) in [5.41, 5.74) is 3.06. The normalized spacial score (nSPS) is 14.6. The molecule has 1 aromatic carbocycles. The van der Waals surface area contributed by atoms with Gasteiger partial charge in [0, 0.05) is 0 Å². The molecule has 1 N–H and O–H groups in total. The minimum Gasteiger partial charge on any atom is -0.493 e. The number of hydrazine groups is 1. The van der Waals surface area contributed by atoms with Crippen molar-refractivity contribution in [2.75, 3.05) is 20.3 Å². The van der Waals surface area contributed by atoms with Crippen molar-refractivity contribution < 1.29 is 28.6 Å². The van der Waals surface area contributed by atoms with E-state index < -0.39 is 17.8 Å². The van der Waals surface area contributed by atoms with E-state index in [1.165, 1.54) is 18.4 Å². The number of ether oxygens (including phenoxy) is 3. The summed E-state index contributed by atoms with van der Waals surface area (Å²) in [6.45, 7) is 1.60. The molecule has 1 fully saturated rings. The van der Waals surface area contributed by atoms with Crippen molar-refractivity contribution in [3.05, 3.63) is 50.0 Å². The highest BCUT2D eigenvalue weighted by Crippen LogP contribution is 2.38. The average Bonchev–Trinajstić information content (AvgIpc) is 3.38. The Kier molecular flexibility index (Phi) is 8.13. The number of nitrogens with zero attached hydrogens (tertiary/aromatic N) is 1. The Bertz CT molecular complexity index is 1090. The van der Waals surface area contributed by atoms with Gasteiger partial charge >= 0.3 is 5.97 Å². The van der Waals surface area contributed by atoms with E-state index in [0.717, 1.165) is 16.8 Å². The van der Waals surface area contributed by atoms with Crippen LogP contribution in [-0.2, 0) is 14.3 Å². The summed E-state index contributed by atoms with van der Waals surface area (Å²) in [6.07, 6.45) is 1.57. The van der Waals surface area contributed by atoms with Crippen molar-refractivity contribution in [1.29, 1.82) is 0 Å². The summed E-state index contributed by atoms with van der Waals surface area (Å²) < 4.78 is 15.8. The van der Waals surface area contributed by atoms with Crippen LogP contribution in [0, 0.1) is 0 Å². The highest BCUT2D eigenvalue weighted by molar-refractivity contribution is 8.26. The van der Waals surface area contributed by atoms with Crippen molar-refractivity contribution in [2.45, 2.75) is 6.92 Å². The number of esters is 1. The van der Waals surface area contributed by atoms with Crippen LogP contribution in [0.15, 0.2) is 34.6 Å². The van der Waals surface area contributed by atoms with Crippen LogP contribution in [-0.4, -0.2) is 47.4 Å². The van der Waals surface area contributed by atoms with Gasteiger partial charge < -0.3 is 14.2 Å². The Morgan fingerprint density at radius 2 is 2.12 bits per heavy atom. The number of benzene rings is 1. The maximum Gasteiger partial charge on any atom is 0.344 e. The van der Waals surface area contributed by atoms with Crippen LogP contribution in [0.25, 0.3) is 6.08 Å². The number of thiocarbonyl (C=S) groups is 1. The fourth-order valence-electron chi connectivity index (χ4n) is 2.58. The van der Waals surface area contributed by atoms with Crippen LogP contribution in [0.1, 0.15) is 22.2 Å². The number of thioether (sulfide) groups is 1. The smallest absolute Gasteiger partial charge is 0.344 e. The van der Waals surface area contributed by atoms with Gasteiger partial charge in [-0.2, -0.15) is 5.01 Å². The molecule has 2 aromatic rings. The predicted molar refractivity (Wildman–Crippen MR) is 127 cm³/mol. The molecule has 1 aliphatic heterocycles. The molecule has 12 heteroatoms. The first-order valence-electron chi connectivity index (χ1n) is 9.12. The number of carbonyl (C=O) groups excluding carboxylic acids is 3. The van der Waals surface area contributed by atoms with Crippen LogP contribution in [0.3, 0.4) is 0 Å². The standard InChI is InChI=1S/C20H17ClN2O6S3/c1-3-28-16(24)10-29-17-12(21)7-11(8-13(17)27-2)9-15-19(26)23(20(30)32-15)22-18(25)14-5-4-6-31-14/h4-9H,3,10H2,1-2H3,(H,22,25)/b15-9-. The first kappa shape index (κ1) is 24.1. The van der Waals surface area contributed by atoms with Crippen molar-refractivity contribution in [1.82, 2.24) is 10.4 Å². The fourth-order valence-corrected chi connectivity index (χ4v) is 4.64. The molecular weight excluding hydrogens is 496 g/mol. The number of carbonyl (C=O) groups is 3. The Hall–Kier alpha value is -2.60. The molecule has 0 atom stereocenters. The molecule has 0 spiro atoms. The van der Waals surface area contributed by atoms with Crippen LogP contribution < -0.4 is 14.9 Å². The second-order valence-corrected chi connectivity index (χ2v) is 9.09. The van der Waals surface area contributed by atoms with E-state index in [1.54, 1.807) is 42.6 Å². The second-order valence-electron chi connectivity index (χ2n) is 6.06. The van der Waals surface area contributed by atoms with E-state index in [9.17, 15) is 14.4 Å². The highest BCUT2D eigenvalue weighted by Gasteiger charge is 2.34. The minimum absolute atomic E-state index is 0.176. The van der Waals surface area contributed by atoms with Crippen LogP contribution in [0.4, 0.5) is 0 Å². The van der Waals surface area contributed by atoms with Crippen LogP contribution >= 0.6 is 46.9 Å². The lowest BCUT2D eigenvalue weighted by atomic mass is 10.2. The number of methoxy groups -OCH3 is 1. The molecule has 0 bridgehead atoms. The van der Waals surface area contributed by atoms with Gasteiger partial charge in [0.2, 0.25) is 0 Å². The summed E-state index contributed by atoms with van der Waals surface area (Å²) >= 11 is 13.8. The summed E-state index contributed by atoms with van der Waals surface area (Å²) in [5, 5.41) is 2.97. The number of amides is 2. The maximum atomic E-state index is 12.8. The number of thiophene rings is 1. The van der Waals surface area contributed by atoms with Crippen molar-refractivity contribution in [3.8, 4) is 11.5 Å². The van der Waals surface area contributed by atoms with E-state index in [2.05, 4.69) is 5.43 Å². The summed E-state index contributed by atoms with van der Waals surface area (Å²) in [5.74, 6) is -0.986. The maximum absolute atomic E-state index is 12.8. The van der Waals surface area contributed by atoms with Gasteiger partial charge in [-0.15, -0.1) is 11.3 Å². The Balaban J connectivity index is 1.78. The lowest BCUT2D eigenvalue weighted by Gasteiger charge is -2.14. The zero-order valence-electron chi connectivity index (χ0n) is 16.9. The minimum atomic E-state index is -0.539. The molecule has 0 aliphatic carbocycles. The average molecular weight is 513 g/mol. The summed E-state index contributed by atoms with van der Waals surface area (Å²) in [6, 6.07) is 6.54. The largest absolute Gasteiger partial charge is 0.493 e. The second kappa shape index (κ2) is 10.8. The van der Waals surface area contributed by atoms with Gasteiger partial charge in [-0.3, -0.25) is 15.0 Å². The summed E-state index contributed by atoms with van der Waals surface area (Å²) in [4.78, 5) is 37.3. The van der Waals surface area contributed by atoms with Gasteiger partial charge in [0.15, 0.2) is 22.4 Å². The fraction of sp³-hybridized carbons (Fsp3) is 0.200. The van der Waals surface area contributed by atoms with Crippen molar-refractivity contribution >= 4 is 75.1 Å². The molecule has 168 valence electrons. The van der Waals surface area contributed by atoms with E-state index in [1.807, 2.05) is 0 Å². The van der Waals surface area contributed by atoms with Crippen LogP contribution in [0.2, 0.25) is 5.02 Å². The molecule has 0 radical (unpaired) electrons. The van der Waals surface area contributed by atoms with Crippen molar-refractivity contribution in [2.24, 2.45) is 0 Å². The Labute approximate surface area is 202 Å². The number of rotatable bonds is 8. The van der Waals surface area contributed by atoms with Gasteiger partial charge in [0.25, 0.3) is 11.8 Å². The van der Waals surface area contributed by atoms with Gasteiger partial charge in [0.05, 0.1) is 28.5 Å². The zero-order chi connectivity index (χ0) is 23.3. The lowest BCUT2D eigenvalue weighted by Crippen LogP contribution is -2.44. The number of hydrogen-bond acceptors (Lipinski definition) is 9. The lowest BCUT2D eigenvalue weighted by molar-refractivity contribution is -0.145. The topological polar surface area (TPSA) is 94.2 Å². The van der Waals surface area contributed by atoms with E-state index in [0.29, 0.717) is 15.3 Å². The molecule has 2 heterocycles. The molecular formula is C20H17ClN2O6S3. The SMILES string of the molecule is CCOC(=O)COc1c(Cl)cc(/C=C2\SC(=S)N(NC(=O)c3cccs3)C2=O)cc1OC. The van der Waals surface area contributed by atoms with E-state index in [-0.39, 0.29) is 34.1 Å². The third-order valence-corrected chi connectivity index (χ3v) is 6.39. The first-order valence-corrected chi connectivity index (χ1v) is 11.6. The molecule has 32 heavy (non-hydrogen) atoms. The monoisotopic (exact) mass is 512 g/mol. The van der Waals surface area contributed by atoms with Crippen molar-refractivity contribution in [3.63, 3.8) is 0 Å². The van der Waals surface area contributed by atoms with Gasteiger partial charge in [-0.25, -0.2) is 4.79 Å². The molecule has 2 amide bonds. The van der Waals surface area contributed by atoms with E-state index >= 15 is 0 Å². The number of nitrogens with one attached hydrogen (secondary N) is 1. The van der Waals surface area contributed by atoms with Gasteiger partial charge in [-0.05, 0) is 54.4 Å². The molecule has 1 saturated heterocycles. The third kappa shape index (κ3) is 5.60. The Morgan fingerprint density at radius 1 is 1.34 bits per heavy atom. The quantitative estimate of drug-likeness (QED) is 0.323. The van der Waals surface area contributed by atoms with Gasteiger partial charge in [-0.1, -0.05) is 29.4 Å². The Morgan fingerprint density at radius 3 is 2.78 bits per heavy atom. The summed E-state index contributed by atoms with van der Waals surface area (Å²) in [7, 11) is 1.42. The number of halogens is 1. The molecule has 1 aliphatic rings. The van der Waals surface area contributed by atoms with E-state index in [4.69, 9.17) is 38.0 Å². The van der Waals surface area contributed by atoms with Crippen LogP contribution in [0.5, 0.6) is 11.5 Å². The molecule has 3 rings (SSSR count). The molecule has 8 nitrogen and oxygen atoms in total. The molecule has 0 unspecified atom stereocenters. The molecule has 0 saturated carbocycles.